The zero-order chi connectivity index (χ0) is 27.2. The number of phenolic OH excluding ortho intramolecular Hbond substituents is 1. The van der Waals surface area contributed by atoms with E-state index in [9.17, 15) is 19.8 Å². The van der Waals surface area contributed by atoms with Gasteiger partial charge in [-0.25, -0.2) is 9.18 Å². The molecule has 1 fully saturated rings. The summed E-state index contributed by atoms with van der Waals surface area (Å²) in [6.45, 7) is 5.91. The number of likely N-dealkylation sites (N-methyl/N-ethyl adjacent to an activating group) is 1. The number of carbonyl (C=O) groups excluding carboxylic acids is 2. The lowest BCUT2D eigenvalue weighted by atomic mass is 9.81. The quantitative estimate of drug-likeness (QED) is 0.370. The van der Waals surface area contributed by atoms with Crippen LogP contribution in [0.4, 0.5) is 9.18 Å². The van der Waals surface area contributed by atoms with Crippen LogP contribution in [0.15, 0.2) is 36.4 Å². The summed E-state index contributed by atoms with van der Waals surface area (Å²) in [6, 6.07) is 8.69. The fraction of sp³-hybridized carbons (Fsp3) is 0.429. The zero-order valence-electron chi connectivity index (χ0n) is 21.8. The van der Waals surface area contributed by atoms with Crippen LogP contribution in [0.1, 0.15) is 43.1 Å². The number of methoxy groups -OCH3 is 1. The van der Waals surface area contributed by atoms with Gasteiger partial charge in [-0.2, -0.15) is 0 Å². The highest BCUT2D eigenvalue weighted by atomic mass is 19.1. The number of nitrogens with zero attached hydrogens (tertiary/aromatic N) is 3. The second-order valence-corrected chi connectivity index (χ2v) is 10.1. The number of aliphatic hydroxyl groups is 1. The van der Waals surface area contributed by atoms with Gasteiger partial charge >= 0.3 is 6.03 Å². The summed E-state index contributed by atoms with van der Waals surface area (Å²) in [6.07, 6.45) is 0.695. The first-order valence-electron chi connectivity index (χ1n) is 12.9. The van der Waals surface area contributed by atoms with Gasteiger partial charge in [0.25, 0.3) is 5.91 Å². The second-order valence-electron chi connectivity index (χ2n) is 10.1. The summed E-state index contributed by atoms with van der Waals surface area (Å²) in [5, 5.41) is 19.9. The zero-order valence-corrected chi connectivity index (χ0v) is 21.8. The van der Waals surface area contributed by atoms with Crippen molar-refractivity contribution in [2.75, 3.05) is 39.9 Å². The number of imide groups is 1. The Morgan fingerprint density at radius 2 is 2.03 bits per heavy atom. The van der Waals surface area contributed by atoms with Gasteiger partial charge < -0.3 is 24.8 Å². The standard InChI is InChI=1S/C28H33FN4O5/c1-4-31(13-14-34)11-6-12-32-26(36)28(2)16-19-22-20(9-10-21(38-3)23(22)29)30-24(19)25(33(28)27(32)37)17-7-5-8-18(35)15-17/h5,7-10,15,25,30,34-35H,4,6,11-14,16H2,1-3H3. The van der Waals surface area contributed by atoms with Crippen LogP contribution in [-0.4, -0.2) is 87.3 Å². The molecule has 3 heterocycles. The third-order valence-corrected chi connectivity index (χ3v) is 7.86. The van der Waals surface area contributed by atoms with Crippen LogP contribution in [0.2, 0.25) is 0 Å². The molecule has 1 saturated heterocycles. The van der Waals surface area contributed by atoms with E-state index in [1.165, 1.54) is 18.1 Å². The molecular weight excluding hydrogens is 491 g/mol. The number of aromatic hydroxyl groups is 1. The normalized spacial score (nSPS) is 20.9. The molecule has 3 N–H and O–H groups in total. The first-order chi connectivity index (χ1) is 18.2. The third-order valence-electron chi connectivity index (χ3n) is 7.86. The number of fused-ring (bicyclic) bond motifs is 4. The molecule has 2 atom stereocenters. The lowest BCUT2D eigenvalue weighted by molar-refractivity contribution is -0.133. The van der Waals surface area contributed by atoms with Gasteiger partial charge in [-0.15, -0.1) is 0 Å². The topological polar surface area (TPSA) is 109 Å². The number of hydrogen-bond donors (Lipinski definition) is 3. The number of urea groups is 1. The highest BCUT2D eigenvalue weighted by molar-refractivity contribution is 6.08. The Hall–Kier alpha value is -3.63. The number of aromatic nitrogens is 1. The summed E-state index contributed by atoms with van der Waals surface area (Å²) in [5.74, 6) is -0.731. The van der Waals surface area contributed by atoms with E-state index < -0.39 is 23.4 Å². The van der Waals surface area contributed by atoms with E-state index in [4.69, 9.17) is 4.74 Å². The summed E-state index contributed by atoms with van der Waals surface area (Å²) in [4.78, 5) is 36.0. The molecular formula is C28H33FN4O5. The fourth-order valence-corrected chi connectivity index (χ4v) is 5.97. The molecule has 2 aromatic carbocycles. The van der Waals surface area contributed by atoms with Crippen molar-refractivity contribution in [2.45, 2.75) is 38.3 Å². The van der Waals surface area contributed by atoms with Gasteiger partial charge in [-0.1, -0.05) is 19.1 Å². The third kappa shape index (κ3) is 3.99. The van der Waals surface area contributed by atoms with Crippen molar-refractivity contribution in [3.8, 4) is 11.5 Å². The van der Waals surface area contributed by atoms with Gasteiger partial charge in [-0.05, 0) is 61.8 Å². The number of benzene rings is 2. The number of ether oxygens (including phenoxy) is 1. The fourth-order valence-electron chi connectivity index (χ4n) is 5.97. The molecule has 0 radical (unpaired) electrons. The molecule has 3 amide bonds. The molecule has 10 heteroatoms. The van der Waals surface area contributed by atoms with Gasteiger partial charge in [0.2, 0.25) is 0 Å². The molecule has 38 heavy (non-hydrogen) atoms. The molecule has 0 saturated carbocycles. The first-order valence-corrected chi connectivity index (χ1v) is 12.9. The minimum absolute atomic E-state index is 0.0265. The molecule has 3 aromatic rings. The number of aromatic amines is 1. The molecule has 2 aliphatic rings. The maximum absolute atomic E-state index is 15.6. The van der Waals surface area contributed by atoms with Crippen molar-refractivity contribution in [2.24, 2.45) is 0 Å². The van der Waals surface area contributed by atoms with Crippen molar-refractivity contribution < 1.29 is 28.9 Å². The highest BCUT2D eigenvalue weighted by Gasteiger charge is 2.60. The lowest BCUT2D eigenvalue weighted by Crippen LogP contribution is -2.53. The second kappa shape index (κ2) is 9.92. The van der Waals surface area contributed by atoms with Crippen LogP contribution in [0, 0.1) is 5.82 Å². The highest BCUT2D eigenvalue weighted by Crippen LogP contribution is 2.49. The van der Waals surface area contributed by atoms with E-state index in [1.807, 2.05) is 6.92 Å². The van der Waals surface area contributed by atoms with Crippen LogP contribution in [0.5, 0.6) is 11.5 Å². The van der Waals surface area contributed by atoms with Gasteiger partial charge in [0.05, 0.1) is 13.7 Å². The molecule has 9 nitrogen and oxygen atoms in total. The monoisotopic (exact) mass is 524 g/mol. The Kier molecular flexibility index (Phi) is 6.79. The average molecular weight is 525 g/mol. The van der Waals surface area contributed by atoms with E-state index in [0.29, 0.717) is 47.2 Å². The summed E-state index contributed by atoms with van der Waals surface area (Å²) in [5.41, 5.74) is 1.13. The molecule has 2 aliphatic heterocycles. The number of amides is 3. The largest absolute Gasteiger partial charge is 0.508 e. The average Bonchev–Trinajstić information content (AvgIpc) is 3.35. The first kappa shape index (κ1) is 26.0. The minimum atomic E-state index is -1.25. The SMILES string of the molecule is CCN(CCO)CCCN1C(=O)N2C(c3cccc(O)c3)c3[nH]c4ccc(OC)c(F)c4c3CC2(C)C1=O. The number of nitrogens with one attached hydrogen (secondary N) is 1. The van der Waals surface area contributed by atoms with Crippen LogP contribution >= 0.6 is 0 Å². The molecule has 0 spiro atoms. The number of H-pyrrole nitrogens is 1. The maximum Gasteiger partial charge on any atom is 0.328 e. The van der Waals surface area contributed by atoms with Crippen LogP contribution < -0.4 is 4.74 Å². The van der Waals surface area contributed by atoms with Crippen molar-refractivity contribution >= 4 is 22.8 Å². The smallest absolute Gasteiger partial charge is 0.328 e. The Morgan fingerprint density at radius 3 is 2.71 bits per heavy atom. The van der Waals surface area contributed by atoms with Crippen LogP contribution in [-0.2, 0) is 11.2 Å². The molecule has 5 rings (SSSR count). The summed E-state index contributed by atoms with van der Waals surface area (Å²) < 4.78 is 20.8. The van der Waals surface area contributed by atoms with E-state index >= 15 is 4.39 Å². The molecule has 2 unspecified atom stereocenters. The van der Waals surface area contributed by atoms with Crippen molar-refractivity contribution in [3.05, 3.63) is 59.0 Å². The number of halogens is 1. The van der Waals surface area contributed by atoms with Gasteiger partial charge in [0.15, 0.2) is 11.6 Å². The van der Waals surface area contributed by atoms with Crippen LogP contribution in [0.3, 0.4) is 0 Å². The van der Waals surface area contributed by atoms with E-state index in [-0.39, 0.29) is 37.0 Å². The number of hydrogen-bond acceptors (Lipinski definition) is 6. The minimum Gasteiger partial charge on any atom is -0.508 e. The van der Waals surface area contributed by atoms with Gasteiger partial charge in [0, 0.05) is 36.1 Å². The van der Waals surface area contributed by atoms with E-state index in [2.05, 4.69) is 9.88 Å². The number of aliphatic hydroxyl groups excluding tert-OH is 1. The predicted octanol–water partition coefficient (Wildman–Crippen LogP) is 3.39. The van der Waals surface area contributed by atoms with Crippen molar-refractivity contribution in [3.63, 3.8) is 0 Å². The lowest BCUT2D eigenvalue weighted by Gasteiger charge is -2.42. The van der Waals surface area contributed by atoms with Crippen molar-refractivity contribution in [1.29, 1.82) is 0 Å². The molecule has 0 aliphatic carbocycles. The molecule has 0 bridgehead atoms. The molecule has 202 valence electrons. The number of rotatable bonds is 9. The molecule has 1 aromatic heterocycles. The summed E-state index contributed by atoms with van der Waals surface area (Å²) in [7, 11) is 1.40. The predicted molar refractivity (Wildman–Crippen MR) is 140 cm³/mol. The van der Waals surface area contributed by atoms with Crippen molar-refractivity contribution in [1.82, 2.24) is 19.7 Å². The van der Waals surface area contributed by atoms with Gasteiger partial charge in [0.1, 0.15) is 17.3 Å². The van der Waals surface area contributed by atoms with E-state index in [0.717, 1.165) is 6.54 Å². The number of phenols is 1. The van der Waals surface area contributed by atoms with Crippen LogP contribution in [0.25, 0.3) is 10.9 Å². The number of carbonyl (C=O) groups is 2. The van der Waals surface area contributed by atoms with Gasteiger partial charge in [-0.3, -0.25) is 14.6 Å². The maximum atomic E-state index is 15.6. The Morgan fingerprint density at radius 1 is 1.24 bits per heavy atom. The Bertz CT molecular complexity index is 1390. The summed E-state index contributed by atoms with van der Waals surface area (Å²) >= 11 is 0. The Labute approximate surface area is 220 Å². The van der Waals surface area contributed by atoms with E-state index in [1.54, 1.807) is 42.2 Å². The Balaban J connectivity index is 1.59.